The Hall–Kier alpha value is -3.77. The first kappa shape index (κ1) is 27.3. The number of carbonyl (C=O) groups is 2. The van der Waals surface area contributed by atoms with Crippen molar-refractivity contribution in [2.75, 3.05) is 11.8 Å². The summed E-state index contributed by atoms with van der Waals surface area (Å²) in [5.41, 5.74) is 7.57. The summed E-state index contributed by atoms with van der Waals surface area (Å²) in [6.45, 7) is 4.39. The average Bonchev–Trinajstić information content (AvgIpc) is 3.35. The topological polar surface area (TPSA) is 149 Å². The fraction of sp³-hybridized carbons (Fsp3) is 0.269. The number of thiazole rings is 1. The standard InChI is InChI=1S/C26H26FN3O6S2/c1-26(2)8-6-14(7-9-26)16-5-4-15(10-17(16)23(28)31)24-29-22(13-37-24)38(34,35)30-20-12-19(27)18(25(32)33)11-21(20)36-3/h4-6,10-13,30H,7-9H2,1-3H3,(H2,28,31)(H,32,33). The van der Waals surface area contributed by atoms with Gasteiger partial charge in [-0.3, -0.25) is 9.52 Å². The van der Waals surface area contributed by atoms with Crippen LogP contribution in [-0.2, 0) is 10.0 Å². The molecule has 1 heterocycles. The van der Waals surface area contributed by atoms with Gasteiger partial charge in [-0.15, -0.1) is 11.3 Å². The molecule has 4 rings (SSSR count). The molecule has 0 radical (unpaired) electrons. The number of anilines is 1. The van der Waals surface area contributed by atoms with Crippen molar-refractivity contribution in [3.63, 3.8) is 0 Å². The first-order valence-electron chi connectivity index (χ1n) is 11.5. The molecule has 1 aliphatic carbocycles. The van der Waals surface area contributed by atoms with Crippen LogP contribution in [0.1, 0.15) is 59.4 Å². The van der Waals surface area contributed by atoms with Crippen molar-refractivity contribution in [2.45, 2.75) is 38.1 Å². The summed E-state index contributed by atoms with van der Waals surface area (Å²) in [6.07, 6.45) is 4.81. The van der Waals surface area contributed by atoms with Crippen molar-refractivity contribution in [2.24, 2.45) is 11.1 Å². The highest BCUT2D eigenvalue weighted by atomic mass is 32.2. The van der Waals surface area contributed by atoms with Crippen LogP contribution in [0.25, 0.3) is 16.1 Å². The number of hydrogen-bond acceptors (Lipinski definition) is 7. The van der Waals surface area contributed by atoms with E-state index in [1.807, 2.05) is 0 Å². The summed E-state index contributed by atoms with van der Waals surface area (Å²) in [5, 5.41) is 10.4. The van der Waals surface area contributed by atoms with Gasteiger partial charge in [0.25, 0.3) is 10.0 Å². The maximum atomic E-state index is 14.2. The molecule has 0 unspecified atom stereocenters. The van der Waals surface area contributed by atoms with Crippen LogP contribution in [0.3, 0.4) is 0 Å². The zero-order valence-electron chi connectivity index (χ0n) is 20.9. The van der Waals surface area contributed by atoms with Crippen LogP contribution in [0.15, 0.2) is 46.8 Å². The molecule has 0 saturated carbocycles. The molecular weight excluding hydrogens is 533 g/mol. The van der Waals surface area contributed by atoms with Gasteiger partial charge in [0, 0.05) is 22.6 Å². The first-order valence-corrected chi connectivity index (χ1v) is 13.9. The molecule has 12 heteroatoms. The highest BCUT2D eigenvalue weighted by molar-refractivity contribution is 7.92. The number of carboxylic acid groups (broad SMARTS) is 1. The molecule has 38 heavy (non-hydrogen) atoms. The van der Waals surface area contributed by atoms with E-state index in [0.717, 1.165) is 53.9 Å². The second-order valence-electron chi connectivity index (χ2n) is 9.66. The van der Waals surface area contributed by atoms with E-state index < -0.39 is 33.3 Å². The average molecular weight is 560 g/mol. The minimum Gasteiger partial charge on any atom is -0.495 e. The molecule has 0 bridgehead atoms. The molecule has 4 N–H and O–H groups in total. The smallest absolute Gasteiger partial charge is 0.338 e. The number of carbonyl (C=O) groups excluding carboxylic acids is 1. The number of aromatic carboxylic acids is 1. The highest BCUT2D eigenvalue weighted by Gasteiger charge is 2.26. The third-order valence-electron chi connectivity index (χ3n) is 6.37. The van der Waals surface area contributed by atoms with Gasteiger partial charge in [0.1, 0.15) is 16.6 Å². The van der Waals surface area contributed by atoms with Gasteiger partial charge < -0.3 is 15.6 Å². The Kier molecular flexibility index (Phi) is 7.31. The van der Waals surface area contributed by atoms with Gasteiger partial charge in [0.15, 0.2) is 5.03 Å². The van der Waals surface area contributed by atoms with E-state index in [1.165, 1.54) is 12.5 Å². The molecule has 200 valence electrons. The van der Waals surface area contributed by atoms with Crippen molar-refractivity contribution in [3.05, 3.63) is 64.3 Å². The van der Waals surface area contributed by atoms with Gasteiger partial charge in [0.05, 0.1) is 18.4 Å². The normalized spacial score (nSPS) is 15.0. The number of hydrogen-bond donors (Lipinski definition) is 3. The molecule has 1 aliphatic rings. The van der Waals surface area contributed by atoms with E-state index in [4.69, 9.17) is 15.6 Å². The number of aromatic nitrogens is 1. The maximum Gasteiger partial charge on any atom is 0.338 e. The Labute approximate surface area is 223 Å². The van der Waals surface area contributed by atoms with Crippen molar-refractivity contribution in [1.29, 1.82) is 0 Å². The number of benzene rings is 2. The summed E-state index contributed by atoms with van der Waals surface area (Å²) >= 11 is 1.04. The first-order chi connectivity index (χ1) is 17.8. The number of amides is 1. The van der Waals surface area contributed by atoms with Crippen molar-refractivity contribution in [3.8, 4) is 16.3 Å². The quantitative estimate of drug-likeness (QED) is 0.346. The molecular formula is C26H26FN3O6S2. The fourth-order valence-electron chi connectivity index (χ4n) is 4.16. The van der Waals surface area contributed by atoms with Crippen LogP contribution >= 0.6 is 11.3 Å². The number of carboxylic acids is 1. The number of allylic oxidation sites excluding steroid dienone is 2. The minimum absolute atomic E-state index is 0.176. The predicted molar refractivity (Wildman–Crippen MR) is 142 cm³/mol. The maximum absolute atomic E-state index is 14.2. The Morgan fingerprint density at radius 2 is 1.95 bits per heavy atom. The van der Waals surface area contributed by atoms with E-state index >= 15 is 0 Å². The minimum atomic E-state index is -4.29. The lowest BCUT2D eigenvalue weighted by Crippen LogP contribution is -2.17. The van der Waals surface area contributed by atoms with E-state index in [0.29, 0.717) is 16.1 Å². The second kappa shape index (κ2) is 10.2. The zero-order chi connectivity index (χ0) is 27.8. The van der Waals surface area contributed by atoms with Crippen LogP contribution in [0.4, 0.5) is 10.1 Å². The molecule has 0 aliphatic heterocycles. The van der Waals surface area contributed by atoms with Gasteiger partial charge in [-0.25, -0.2) is 14.2 Å². The molecule has 1 aromatic heterocycles. The lowest BCUT2D eigenvalue weighted by atomic mass is 9.76. The summed E-state index contributed by atoms with van der Waals surface area (Å²) in [6, 6.07) is 6.77. The summed E-state index contributed by atoms with van der Waals surface area (Å²) in [5.74, 6) is -3.43. The lowest BCUT2D eigenvalue weighted by molar-refractivity contribution is 0.0691. The van der Waals surface area contributed by atoms with E-state index in [1.54, 1.807) is 18.2 Å². The number of sulfonamides is 1. The number of rotatable bonds is 8. The van der Waals surface area contributed by atoms with E-state index in [9.17, 15) is 22.4 Å². The molecule has 0 spiro atoms. The lowest BCUT2D eigenvalue weighted by Gasteiger charge is -2.29. The van der Waals surface area contributed by atoms with Gasteiger partial charge in [-0.2, -0.15) is 8.42 Å². The predicted octanol–water partition coefficient (Wildman–Crippen LogP) is 5.15. The largest absolute Gasteiger partial charge is 0.495 e. The Morgan fingerprint density at radius 1 is 1.21 bits per heavy atom. The number of methoxy groups -OCH3 is 1. The number of primary amides is 1. The molecule has 3 aromatic rings. The van der Waals surface area contributed by atoms with E-state index in [-0.39, 0.29) is 21.9 Å². The number of nitrogens with one attached hydrogen (secondary N) is 1. The van der Waals surface area contributed by atoms with Crippen LogP contribution in [0.2, 0.25) is 0 Å². The van der Waals surface area contributed by atoms with Crippen molar-refractivity contribution < 1.29 is 32.2 Å². The third kappa shape index (κ3) is 5.55. The highest BCUT2D eigenvalue weighted by Crippen LogP contribution is 2.40. The van der Waals surface area contributed by atoms with Gasteiger partial charge >= 0.3 is 5.97 Å². The SMILES string of the molecule is COc1cc(C(=O)O)c(F)cc1NS(=O)(=O)c1csc(-c2ccc(C3=CCC(C)(C)CC3)c(C(N)=O)c2)n1. The molecule has 2 aromatic carbocycles. The van der Waals surface area contributed by atoms with E-state index in [2.05, 4.69) is 29.6 Å². The van der Waals surface area contributed by atoms with Gasteiger partial charge in [0.2, 0.25) is 5.91 Å². The zero-order valence-corrected chi connectivity index (χ0v) is 22.5. The monoisotopic (exact) mass is 559 g/mol. The Balaban J connectivity index is 1.64. The fourth-order valence-corrected chi connectivity index (χ4v) is 6.31. The van der Waals surface area contributed by atoms with Crippen LogP contribution in [0.5, 0.6) is 5.75 Å². The van der Waals surface area contributed by atoms with Gasteiger partial charge in [-0.1, -0.05) is 32.1 Å². The molecule has 1 amide bonds. The van der Waals surface area contributed by atoms with Crippen molar-refractivity contribution >= 4 is 44.5 Å². The number of nitrogens with two attached hydrogens (primary N) is 1. The molecule has 0 fully saturated rings. The number of nitrogens with zero attached hydrogens (tertiary/aromatic N) is 1. The number of ether oxygens (including phenoxy) is 1. The second-order valence-corrected chi connectivity index (χ2v) is 12.1. The summed E-state index contributed by atoms with van der Waals surface area (Å²) in [7, 11) is -3.10. The number of halogens is 1. The molecule has 9 nitrogen and oxygen atoms in total. The van der Waals surface area contributed by atoms with Crippen LogP contribution < -0.4 is 15.2 Å². The Morgan fingerprint density at radius 3 is 2.55 bits per heavy atom. The Bertz CT molecular complexity index is 1580. The summed E-state index contributed by atoms with van der Waals surface area (Å²) < 4.78 is 47.4. The van der Waals surface area contributed by atoms with Crippen molar-refractivity contribution in [1.82, 2.24) is 4.98 Å². The summed E-state index contributed by atoms with van der Waals surface area (Å²) in [4.78, 5) is 27.7. The van der Waals surface area contributed by atoms with Crippen LogP contribution in [0, 0.1) is 11.2 Å². The molecule has 0 saturated heterocycles. The van der Waals surface area contributed by atoms with Crippen LogP contribution in [-0.4, -0.2) is 37.5 Å². The third-order valence-corrected chi connectivity index (χ3v) is 8.66. The van der Waals surface area contributed by atoms with Gasteiger partial charge in [-0.05, 0) is 47.9 Å². The molecule has 0 atom stereocenters.